The van der Waals surface area contributed by atoms with Crippen LogP contribution in [0.2, 0.25) is 0 Å². The Morgan fingerprint density at radius 3 is 2.46 bits per heavy atom. The molecule has 1 aliphatic carbocycles. The first-order valence-electron chi connectivity index (χ1n) is 9.57. The first kappa shape index (κ1) is 17.1. The largest absolute Gasteiger partial charge is 0.356 e. The maximum absolute atomic E-state index is 13.0. The van der Waals surface area contributed by atoms with Crippen molar-refractivity contribution >= 4 is 17.4 Å². The Balaban J connectivity index is 1.61. The van der Waals surface area contributed by atoms with Gasteiger partial charge < -0.3 is 10.2 Å². The van der Waals surface area contributed by atoms with Gasteiger partial charge in [-0.25, -0.2) is 4.98 Å². The molecule has 0 unspecified atom stereocenters. The number of anilines is 2. The molecule has 1 aromatic heterocycles. The van der Waals surface area contributed by atoms with Crippen LogP contribution in [0.3, 0.4) is 0 Å². The summed E-state index contributed by atoms with van der Waals surface area (Å²) in [5.74, 6) is 0.765. The van der Waals surface area contributed by atoms with Crippen LogP contribution in [-0.4, -0.2) is 24.0 Å². The zero-order chi connectivity index (χ0) is 18.3. The molecule has 1 aliphatic heterocycles. The molecule has 2 heterocycles. The molecule has 0 radical (unpaired) electrons. The summed E-state index contributed by atoms with van der Waals surface area (Å²) in [6.45, 7) is 8.07. The molecule has 0 bridgehead atoms. The number of piperidine rings is 1. The van der Waals surface area contributed by atoms with Crippen LogP contribution in [0.15, 0.2) is 30.3 Å². The van der Waals surface area contributed by atoms with Gasteiger partial charge in [0.25, 0.3) is 5.91 Å². The average molecular weight is 349 g/mol. The van der Waals surface area contributed by atoms with Crippen LogP contribution in [0.4, 0.5) is 11.5 Å². The highest BCUT2D eigenvalue weighted by Gasteiger charge is 2.44. The predicted molar refractivity (Wildman–Crippen MR) is 106 cm³/mol. The third-order valence-corrected chi connectivity index (χ3v) is 6.05. The molecule has 136 valence electrons. The fraction of sp³-hybridized carbons (Fsp3) is 0.455. The van der Waals surface area contributed by atoms with E-state index in [2.05, 4.69) is 10.2 Å². The maximum Gasteiger partial charge on any atom is 0.259 e. The Kier molecular flexibility index (Phi) is 4.22. The van der Waals surface area contributed by atoms with Gasteiger partial charge in [0.1, 0.15) is 5.82 Å². The van der Waals surface area contributed by atoms with E-state index in [0.29, 0.717) is 11.0 Å². The lowest BCUT2D eigenvalue weighted by Gasteiger charge is -2.34. The molecule has 0 atom stereocenters. The number of carbonyl (C=O) groups excluding carboxylic acids is 1. The first-order valence-corrected chi connectivity index (χ1v) is 9.57. The van der Waals surface area contributed by atoms with Gasteiger partial charge in [-0.1, -0.05) is 12.1 Å². The Hall–Kier alpha value is -2.36. The SMILES string of the molecule is Cc1cccc(NC(=O)c2cc(C)c(C)nc2N2CCC3(CC2)CC3)c1. The smallest absolute Gasteiger partial charge is 0.259 e. The van der Waals surface area contributed by atoms with Crippen molar-refractivity contribution in [2.24, 2.45) is 5.41 Å². The van der Waals surface area contributed by atoms with E-state index < -0.39 is 0 Å². The minimum Gasteiger partial charge on any atom is -0.356 e. The van der Waals surface area contributed by atoms with Crippen molar-refractivity contribution in [3.05, 3.63) is 52.7 Å². The zero-order valence-corrected chi connectivity index (χ0v) is 15.9. The van der Waals surface area contributed by atoms with E-state index in [4.69, 9.17) is 4.98 Å². The van der Waals surface area contributed by atoms with Gasteiger partial charge in [-0.3, -0.25) is 4.79 Å². The molecule has 1 amide bonds. The van der Waals surface area contributed by atoms with Crippen LogP contribution in [0.25, 0.3) is 0 Å². The molecule has 1 spiro atoms. The topological polar surface area (TPSA) is 45.2 Å². The summed E-state index contributed by atoms with van der Waals surface area (Å²) in [6, 6.07) is 9.90. The highest BCUT2D eigenvalue weighted by molar-refractivity contribution is 6.07. The highest BCUT2D eigenvalue weighted by atomic mass is 16.1. The fourth-order valence-corrected chi connectivity index (χ4v) is 3.89. The zero-order valence-electron chi connectivity index (χ0n) is 15.9. The van der Waals surface area contributed by atoms with E-state index >= 15 is 0 Å². The summed E-state index contributed by atoms with van der Waals surface area (Å²) in [6.07, 6.45) is 5.20. The van der Waals surface area contributed by atoms with Gasteiger partial charge in [0.05, 0.1) is 5.56 Å². The summed E-state index contributed by atoms with van der Waals surface area (Å²) in [5, 5.41) is 3.05. The van der Waals surface area contributed by atoms with Crippen molar-refractivity contribution in [1.82, 2.24) is 4.98 Å². The average Bonchev–Trinajstić information content (AvgIpc) is 3.37. The Labute approximate surface area is 155 Å². The molecule has 1 saturated carbocycles. The number of nitrogens with one attached hydrogen (secondary N) is 1. The number of nitrogens with zero attached hydrogens (tertiary/aromatic N) is 2. The van der Waals surface area contributed by atoms with Crippen LogP contribution >= 0.6 is 0 Å². The van der Waals surface area contributed by atoms with Crippen molar-refractivity contribution in [1.29, 1.82) is 0 Å². The predicted octanol–water partition coefficient (Wildman–Crippen LogP) is 4.64. The molecule has 26 heavy (non-hydrogen) atoms. The Morgan fingerprint density at radius 2 is 1.81 bits per heavy atom. The number of amides is 1. The lowest BCUT2D eigenvalue weighted by molar-refractivity contribution is 0.102. The van der Waals surface area contributed by atoms with Crippen molar-refractivity contribution in [2.75, 3.05) is 23.3 Å². The molecular weight excluding hydrogens is 322 g/mol. The third-order valence-electron chi connectivity index (χ3n) is 6.05. The maximum atomic E-state index is 13.0. The minimum absolute atomic E-state index is 0.0760. The number of pyridine rings is 1. The van der Waals surface area contributed by atoms with Gasteiger partial charge in [0.2, 0.25) is 0 Å². The normalized spacial score (nSPS) is 18.0. The summed E-state index contributed by atoms with van der Waals surface area (Å²) in [4.78, 5) is 20.1. The van der Waals surface area contributed by atoms with Gasteiger partial charge in [-0.2, -0.15) is 0 Å². The van der Waals surface area contributed by atoms with Crippen molar-refractivity contribution in [3.8, 4) is 0 Å². The lowest BCUT2D eigenvalue weighted by atomic mass is 9.93. The Morgan fingerprint density at radius 1 is 1.08 bits per heavy atom. The number of hydrogen-bond donors (Lipinski definition) is 1. The van der Waals surface area contributed by atoms with Crippen molar-refractivity contribution in [3.63, 3.8) is 0 Å². The minimum atomic E-state index is -0.0760. The molecule has 2 fully saturated rings. The second-order valence-corrected chi connectivity index (χ2v) is 8.07. The number of carbonyl (C=O) groups is 1. The standard InChI is InChI=1S/C22H27N3O/c1-15-5-4-6-18(13-15)24-21(26)19-14-16(2)17(3)23-20(19)25-11-9-22(7-8-22)10-12-25/h4-6,13-14H,7-12H2,1-3H3,(H,24,26). The monoisotopic (exact) mass is 349 g/mol. The number of rotatable bonds is 3. The lowest BCUT2D eigenvalue weighted by Crippen LogP contribution is -2.36. The molecule has 4 nitrogen and oxygen atoms in total. The van der Waals surface area contributed by atoms with Crippen LogP contribution in [0.5, 0.6) is 0 Å². The summed E-state index contributed by atoms with van der Waals surface area (Å²) >= 11 is 0. The van der Waals surface area contributed by atoms with E-state index in [1.54, 1.807) is 0 Å². The molecule has 2 aromatic rings. The van der Waals surface area contributed by atoms with Crippen LogP contribution in [0.1, 0.15) is 52.9 Å². The van der Waals surface area contributed by atoms with E-state index in [0.717, 1.165) is 41.4 Å². The molecular formula is C22H27N3O. The van der Waals surface area contributed by atoms with Gasteiger partial charge in [0, 0.05) is 24.5 Å². The number of benzene rings is 1. The van der Waals surface area contributed by atoms with Crippen LogP contribution in [-0.2, 0) is 0 Å². The number of hydrogen-bond acceptors (Lipinski definition) is 3. The summed E-state index contributed by atoms with van der Waals surface area (Å²) < 4.78 is 0. The molecule has 1 N–H and O–H groups in total. The number of aryl methyl sites for hydroxylation is 3. The van der Waals surface area contributed by atoms with Crippen molar-refractivity contribution < 1.29 is 4.79 Å². The van der Waals surface area contributed by atoms with E-state index in [9.17, 15) is 4.79 Å². The van der Waals surface area contributed by atoms with E-state index in [-0.39, 0.29) is 5.91 Å². The molecule has 1 saturated heterocycles. The second-order valence-electron chi connectivity index (χ2n) is 8.07. The summed E-state index contributed by atoms with van der Waals surface area (Å²) in [7, 11) is 0. The van der Waals surface area contributed by atoms with Gasteiger partial charge in [0.15, 0.2) is 0 Å². The van der Waals surface area contributed by atoms with Crippen molar-refractivity contribution in [2.45, 2.75) is 46.5 Å². The fourth-order valence-electron chi connectivity index (χ4n) is 3.89. The van der Waals surface area contributed by atoms with E-state index in [1.165, 1.54) is 25.7 Å². The molecule has 4 heteroatoms. The van der Waals surface area contributed by atoms with Gasteiger partial charge >= 0.3 is 0 Å². The first-order chi connectivity index (χ1) is 12.5. The quantitative estimate of drug-likeness (QED) is 0.878. The summed E-state index contributed by atoms with van der Waals surface area (Å²) in [5.41, 5.74) is 5.31. The highest BCUT2D eigenvalue weighted by Crippen LogP contribution is 2.54. The van der Waals surface area contributed by atoms with E-state index in [1.807, 2.05) is 51.1 Å². The second kappa shape index (κ2) is 6.42. The van der Waals surface area contributed by atoms with Crippen LogP contribution < -0.4 is 10.2 Å². The van der Waals surface area contributed by atoms with Gasteiger partial charge in [-0.05, 0) is 81.2 Å². The molecule has 1 aromatic carbocycles. The third kappa shape index (κ3) is 3.33. The number of aromatic nitrogens is 1. The molecule has 4 rings (SSSR count). The molecule has 2 aliphatic rings. The van der Waals surface area contributed by atoms with Crippen LogP contribution in [0, 0.1) is 26.2 Å². The van der Waals surface area contributed by atoms with Gasteiger partial charge in [-0.15, -0.1) is 0 Å². The Bertz CT molecular complexity index is 844.